The molecule has 10 heteroatoms. The van der Waals surface area contributed by atoms with Gasteiger partial charge in [-0.25, -0.2) is 9.61 Å². The van der Waals surface area contributed by atoms with Gasteiger partial charge >= 0.3 is 0 Å². The fraction of sp³-hybridized carbons (Fsp3) is 0.0588. The number of benzene rings is 1. The van der Waals surface area contributed by atoms with Crippen LogP contribution in [-0.4, -0.2) is 39.6 Å². The molecule has 27 heavy (non-hydrogen) atoms. The lowest BCUT2D eigenvalue weighted by Crippen LogP contribution is -2.21. The molecule has 5 rings (SSSR count). The number of hydrogen-bond acceptors (Lipinski definition) is 6. The molecule has 9 nitrogen and oxygen atoms in total. The van der Waals surface area contributed by atoms with Crippen molar-refractivity contribution in [2.45, 2.75) is 6.92 Å². The minimum atomic E-state index is -0.365. The molecule has 0 saturated heterocycles. The van der Waals surface area contributed by atoms with Gasteiger partial charge in [-0.3, -0.25) is 9.36 Å². The number of nitrogens with zero attached hydrogens (tertiary/aromatic N) is 7. The van der Waals surface area contributed by atoms with E-state index in [4.69, 9.17) is 11.6 Å². The second kappa shape index (κ2) is 5.71. The highest BCUT2D eigenvalue weighted by atomic mass is 35.5. The summed E-state index contributed by atoms with van der Waals surface area (Å²) >= 11 is 6.13. The van der Waals surface area contributed by atoms with Crippen LogP contribution in [0.5, 0.6) is 0 Å². The zero-order valence-electron chi connectivity index (χ0n) is 14.0. The van der Waals surface area contributed by atoms with Gasteiger partial charge in [-0.2, -0.15) is 15.2 Å². The average Bonchev–Trinajstić information content (AvgIpc) is 3.29. The lowest BCUT2D eigenvalue weighted by molar-refractivity contribution is 0.874. The molecule has 5 aromatic rings. The molecule has 0 atom stereocenters. The highest BCUT2D eigenvalue weighted by molar-refractivity contribution is 6.30. The van der Waals surface area contributed by atoms with E-state index in [9.17, 15) is 4.79 Å². The maximum absolute atomic E-state index is 12.8. The van der Waals surface area contributed by atoms with Crippen molar-refractivity contribution in [3.63, 3.8) is 0 Å². The van der Waals surface area contributed by atoms with E-state index >= 15 is 0 Å². The van der Waals surface area contributed by atoms with Crippen molar-refractivity contribution in [2.24, 2.45) is 0 Å². The molecule has 4 heterocycles. The smallest absolute Gasteiger partial charge is 0.266 e. The SMILES string of the molecule is Cc1nn2c(nnc3c(=O)n(-c4ncn[nH]4)ccc32)c1-c1cccc(Cl)c1. The Morgan fingerprint density at radius 3 is 2.85 bits per heavy atom. The van der Waals surface area contributed by atoms with Crippen molar-refractivity contribution in [1.82, 2.24) is 39.6 Å². The summed E-state index contributed by atoms with van der Waals surface area (Å²) in [6, 6.07) is 9.20. The van der Waals surface area contributed by atoms with Crippen molar-refractivity contribution in [1.29, 1.82) is 0 Å². The van der Waals surface area contributed by atoms with E-state index in [1.54, 1.807) is 22.8 Å². The van der Waals surface area contributed by atoms with Crippen LogP contribution in [0.3, 0.4) is 0 Å². The van der Waals surface area contributed by atoms with Gasteiger partial charge in [0.1, 0.15) is 11.8 Å². The van der Waals surface area contributed by atoms with Crippen molar-refractivity contribution in [3.8, 4) is 17.1 Å². The molecule has 1 N–H and O–H groups in total. The zero-order valence-corrected chi connectivity index (χ0v) is 14.7. The number of halogens is 1. The number of H-pyrrole nitrogens is 1. The first-order valence-electron chi connectivity index (χ1n) is 8.02. The summed E-state index contributed by atoms with van der Waals surface area (Å²) < 4.78 is 2.95. The Kier molecular flexibility index (Phi) is 3.31. The summed E-state index contributed by atoms with van der Waals surface area (Å²) in [6.07, 6.45) is 2.93. The first-order chi connectivity index (χ1) is 13.1. The Morgan fingerprint density at radius 1 is 1.19 bits per heavy atom. The molecule has 1 aromatic carbocycles. The van der Waals surface area contributed by atoms with Crippen LogP contribution in [0.2, 0.25) is 5.02 Å². The zero-order chi connectivity index (χ0) is 18.5. The molecule has 0 amide bonds. The molecule has 132 valence electrons. The Labute approximate surface area is 156 Å². The fourth-order valence-electron chi connectivity index (χ4n) is 3.12. The largest absolute Gasteiger partial charge is 0.287 e. The van der Waals surface area contributed by atoms with Gasteiger partial charge in [0.25, 0.3) is 5.56 Å². The van der Waals surface area contributed by atoms with E-state index in [2.05, 4.69) is 30.5 Å². The standard InChI is InChI=1S/C17H11ClN8O/c1-9-13(10-3-2-4-11(18)7-10)15-22-21-14-12(26(15)24-9)5-6-25(16(14)27)17-19-8-20-23-17/h2-8H,1H3,(H,19,20,23). The Morgan fingerprint density at radius 2 is 2.07 bits per heavy atom. The number of nitrogens with one attached hydrogen (secondary N) is 1. The average molecular weight is 379 g/mol. The molecule has 0 fully saturated rings. The number of aromatic amines is 1. The minimum absolute atomic E-state index is 0.182. The van der Waals surface area contributed by atoms with Crippen LogP contribution in [0.1, 0.15) is 5.69 Å². The molecular formula is C17H11ClN8O. The molecule has 0 saturated carbocycles. The summed E-state index contributed by atoms with van der Waals surface area (Å²) in [7, 11) is 0. The van der Waals surface area contributed by atoms with E-state index in [1.165, 1.54) is 10.9 Å². The first kappa shape index (κ1) is 15.6. The fourth-order valence-corrected chi connectivity index (χ4v) is 3.31. The third-order valence-electron chi connectivity index (χ3n) is 4.30. The molecule has 0 aliphatic rings. The predicted molar refractivity (Wildman–Crippen MR) is 99.0 cm³/mol. The van der Waals surface area contributed by atoms with Gasteiger partial charge in [-0.1, -0.05) is 23.7 Å². The monoisotopic (exact) mass is 378 g/mol. The van der Waals surface area contributed by atoms with Crippen LogP contribution in [0.4, 0.5) is 0 Å². The van der Waals surface area contributed by atoms with Crippen molar-refractivity contribution in [3.05, 3.63) is 63.9 Å². The minimum Gasteiger partial charge on any atom is -0.266 e. The van der Waals surface area contributed by atoms with Gasteiger partial charge < -0.3 is 0 Å². The molecule has 0 spiro atoms. The first-order valence-corrected chi connectivity index (χ1v) is 8.40. The van der Waals surface area contributed by atoms with Crippen LogP contribution in [0.15, 0.2) is 47.7 Å². The topological polar surface area (TPSA) is 107 Å². The van der Waals surface area contributed by atoms with Crippen LogP contribution in [-0.2, 0) is 0 Å². The maximum Gasteiger partial charge on any atom is 0.287 e. The van der Waals surface area contributed by atoms with Crippen LogP contribution in [0.25, 0.3) is 33.8 Å². The van der Waals surface area contributed by atoms with Crippen molar-refractivity contribution in [2.75, 3.05) is 0 Å². The number of pyridine rings is 1. The quantitative estimate of drug-likeness (QED) is 0.504. The van der Waals surface area contributed by atoms with E-state index in [1.807, 2.05) is 25.1 Å². The van der Waals surface area contributed by atoms with Crippen LogP contribution < -0.4 is 5.56 Å². The van der Waals surface area contributed by atoms with E-state index in [0.717, 1.165) is 16.8 Å². The van der Waals surface area contributed by atoms with E-state index in [-0.39, 0.29) is 11.1 Å². The second-order valence-corrected chi connectivity index (χ2v) is 6.38. The highest BCUT2D eigenvalue weighted by Crippen LogP contribution is 2.29. The van der Waals surface area contributed by atoms with Gasteiger partial charge in [0.2, 0.25) is 5.95 Å². The number of aryl methyl sites for hydroxylation is 1. The number of aromatic nitrogens is 8. The van der Waals surface area contributed by atoms with Gasteiger partial charge in [-0.05, 0) is 30.7 Å². The third-order valence-corrected chi connectivity index (χ3v) is 4.53. The third kappa shape index (κ3) is 2.32. The Bertz CT molecular complexity index is 1370. The van der Waals surface area contributed by atoms with Crippen LogP contribution in [0, 0.1) is 6.92 Å². The van der Waals surface area contributed by atoms with E-state index < -0.39 is 0 Å². The molecular weight excluding hydrogens is 368 g/mol. The summed E-state index contributed by atoms with van der Waals surface area (Å²) in [5.74, 6) is 0.306. The summed E-state index contributed by atoms with van der Waals surface area (Å²) in [6.45, 7) is 1.88. The second-order valence-electron chi connectivity index (χ2n) is 5.94. The van der Waals surface area contributed by atoms with Gasteiger partial charge in [-0.15, -0.1) is 10.2 Å². The highest BCUT2D eigenvalue weighted by Gasteiger charge is 2.18. The van der Waals surface area contributed by atoms with Gasteiger partial charge in [0.05, 0.1) is 11.3 Å². The van der Waals surface area contributed by atoms with Crippen molar-refractivity contribution >= 4 is 28.3 Å². The molecule has 0 unspecified atom stereocenters. The number of fused-ring (bicyclic) bond motifs is 3. The molecule has 0 radical (unpaired) electrons. The molecule has 0 aliphatic heterocycles. The maximum atomic E-state index is 12.8. The molecule has 0 aliphatic carbocycles. The summed E-state index contributed by atoms with van der Waals surface area (Å²) in [5, 5.41) is 20.0. The Balaban J connectivity index is 1.81. The molecule has 0 bridgehead atoms. The number of hydrogen-bond donors (Lipinski definition) is 1. The lowest BCUT2D eigenvalue weighted by Gasteiger charge is -2.04. The normalized spacial score (nSPS) is 11.5. The number of rotatable bonds is 2. The molecule has 4 aromatic heterocycles. The summed E-state index contributed by atoms with van der Waals surface area (Å²) in [5.41, 5.74) is 3.40. The van der Waals surface area contributed by atoms with Crippen LogP contribution >= 0.6 is 11.6 Å². The summed E-state index contributed by atoms with van der Waals surface area (Å²) in [4.78, 5) is 16.8. The Hall–Kier alpha value is -3.59. The van der Waals surface area contributed by atoms with Crippen molar-refractivity contribution < 1.29 is 0 Å². The van der Waals surface area contributed by atoms with E-state index in [0.29, 0.717) is 22.1 Å². The van der Waals surface area contributed by atoms with Gasteiger partial charge in [0.15, 0.2) is 11.2 Å². The lowest BCUT2D eigenvalue weighted by atomic mass is 10.1. The predicted octanol–water partition coefficient (Wildman–Crippen LogP) is 2.18. The van der Waals surface area contributed by atoms with Gasteiger partial charge in [0, 0.05) is 11.2 Å².